The third kappa shape index (κ3) is 3.56. The topological polar surface area (TPSA) is 81.2 Å². The van der Waals surface area contributed by atoms with Crippen LogP contribution in [0.15, 0.2) is 36.4 Å². The number of carbonyl (C=O) groups is 2. The zero-order valence-electron chi connectivity index (χ0n) is 13.7. The third-order valence-corrected chi connectivity index (χ3v) is 4.43. The molecule has 3 rings (SSSR count). The van der Waals surface area contributed by atoms with Crippen molar-refractivity contribution in [3.8, 4) is 5.69 Å². The number of piperidine rings is 1. The summed E-state index contributed by atoms with van der Waals surface area (Å²) in [5, 5.41) is 4.15. The van der Waals surface area contributed by atoms with Crippen molar-refractivity contribution in [2.45, 2.75) is 19.0 Å². The van der Waals surface area contributed by atoms with Crippen molar-refractivity contribution in [1.29, 1.82) is 0 Å². The van der Waals surface area contributed by atoms with Gasteiger partial charge in [0.05, 0.1) is 11.6 Å². The standard InChI is InChI=1S/C17H17F3N4O2/c18-17(19,20)11-6-8-23(9-7-11)16(26)13-10-14(15(21)25)24(22-13)12-4-2-1-3-5-12/h1-5,10-11H,6-9H2,(H2,21,25). The molecule has 1 aliphatic rings. The summed E-state index contributed by atoms with van der Waals surface area (Å²) in [5.41, 5.74) is 5.92. The van der Waals surface area contributed by atoms with E-state index in [-0.39, 0.29) is 37.3 Å². The minimum absolute atomic E-state index is 0.00683. The first-order valence-electron chi connectivity index (χ1n) is 8.08. The van der Waals surface area contributed by atoms with Gasteiger partial charge >= 0.3 is 6.18 Å². The lowest BCUT2D eigenvalue weighted by Crippen LogP contribution is -2.42. The molecule has 2 heterocycles. The summed E-state index contributed by atoms with van der Waals surface area (Å²) in [7, 11) is 0. The molecule has 2 amide bonds. The first-order chi connectivity index (χ1) is 12.3. The zero-order chi connectivity index (χ0) is 18.9. The Bertz CT molecular complexity index is 809. The first kappa shape index (κ1) is 18.0. The number of halogens is 3. The molecule has 1 aliphatic heterocycles. The highest BCUT2D eigenvalue weighted by Gasteiger charge is 2.42. The van der Waals surface area contributed by atoms with Crippen LogP contribution in [0, 0.1) is 5.92 Å². The highest BCUT2D eigenvalue weighted by Crippen LogP contribution is 2.34. The second-order valence-electron chi connectivity index (χ2n) is 6.13. The van der Waals surface area contributed by atoms with Gasteiger partial charge in [0.1, 0.15) is 5.69 Å². The lowest BCUT2D eigenvalue weighted by molar-refractivity contribution is -0.183. The lowest BCUT2D eigenvalue weighted by atomic mass is 9.96. The maximum Gasteiger partial charge on any atom is 0.391 e. The van der Waals surface area contributed by atoms with Crippen LogP contribution in [0.3, 0.4) is 0 Å². The van der Waals surface area contributed by atoms with Crippen molar-refractivity contribution in [3.63, 3.8) is 0 Å². The van der Waals surface area contributed by atoms with Crippen LogP contribution < -0.4 is 5.73 Å². The minimum atomic E-state index is -4.25. The monoisotopic (exact) mass is 366 g/mol. The molecule has 0 atom stereocenters. The zero-order valence-corrected chi connectivity index (χ0v) is 13.7. The first-order valence-corrected chi connectivity index (χ1v) is 8.08. The molecule has 0 bridgehead atoms. The molecule has 0 spiro atoms. The molecule has 0 aliphatic carbocycles. The summed E-state index contributed by atoms with van der Waals surface area (Å²) in [6, 6.07) is 9.93. The van der Waals surface area contributed by atoms with E-state index in [2.05, 4.69) is 5.10 Å². The van der Waals surface area contributed by atoms with Gasteiger partial charge in [-0.25, -0.2) is 4.68 Å². The van der Waals surface area contributed by atoms with Crippen molar-refractivity contribution in [3.05, 3.63) is 47.8 Å². The van der Waals surface area contributed by atoms with Crippen LogP contribution in [0.2, 0.25) is 0 Å². The normalized spacial score (nSPS) is 15.9. The van der Waals surface area contributed by atoms with Gasteiger partial charge in [-0.2, -0.15) is 18.3 Å². The van der Waals surface area contributed by atoms with Gasteiger partial charge in [0.25, 0.3) is 11.8 Å². The van der Waals surface area contributed by atoms with Crippen LogP contribution in [-0.4, -0.2) is 45.8 Å². The number of alkyl halides is 3. The number of para-hydroxylation sites is 1. The number of hydrogen-bond donors (Lipinski definition) is 1. The van der Waals surface area contributed by atoms with E-state index in [1.807, 2.05) is 0 Å². The second kappa shape index (κ2) is 6.81. The summed E-state index contributed by atoms with van der Waals surface area (Å²) in [5.74, 6) is -2.66. The predicted molar refractivity (Wildman–Crippen MR) is 86.8 cm³/mol. The number of aromatic nitrogens is 2. The fourth-order valence-corrected chi connectivity index (χ4v) is 3.00. The fourth-order valence-electron chi connectivity index (χ4n) is 3.00. The summed E-state index contributed by atoms with van der Waals surface area (Å²) >= 11 is 0. The second-order valence-corrected chi connectivity index (χ2v) is 6.13. The van der Waals surface area contributed by atoms with E-state index in [9.17, 15) is 22.8 Å². The summed E-state index contributed by atoms with van der Waals surface area (Å²) in [6.07, 6.45) is -4.53. The van der Waals surface area contributed by atoms with E-state index in [1.54, 1.807) is 30.3 Å². The van der Waals surface area contributed by atoms with Crippen molar-refractivity contribution in [1.82, 2.24) is 14.7 Å². The molecule has 6 nitrogen and oxygen atoms in total. The highest BCUT2D eigenvalue weighted by atomic mass is 19.4. The van der Waals surface area contributed by atoms with E-state index < -0.39 is 23.9 Å². The number of primary amides is 1. The van der Waals surface area contributed by atoms with Gasteiger partial charge in [-0.3, -0.25) is 9.59 Å². The van der Waals surface area contributed by atoms with E-state index in [4.69, 9.17) is 5.73 Å². The molecule has 1 saturated heterocycles. The van der Waals surface area contributed by atoms with Gasteiger partial charge < -0.3 is 10.6 Å². The van der Waals surface area contributed by atoms with Gasteiger partial charge in [0.2, 0.25) is 0 Å². The number of carbonyl (C=O) groups excluding carboxylic acids is 2. The van der Waals surface area contributed by atoms with Gasteiger partial charge in [-0.1, -0.05) is 18.2 Å². The SMILES string of the molecule is NC(=O)c1cc(C(=O)N2CCC(C(F)(F)F)CC2)nn1-c1ccccc1. The van der Waals surface area contributed by atoms with Crippen LogP contribution in [0.25, 0.3) is 5.69 Å². The van der Waals surface area contributed by atoms with Crippen molar-refractivity contribution < 1.29 is 22.8 Å². The smallest absolute Gasteiger partial charge is 0.364 e. The number of rotatable bonds is 3. The van der Waals surface area contributed by atoms with Crippen LogP contribution in [0.4, 0.5) is 13.2 Å². The van der Waals surface area contributed by atoms with Crippen molar-refractivity contribution in [2.24, 2.45) is 11.7 Å². The van der Waals surface area contributed by atoms with Crippen LogP contribution in [0.5, 0.6) is 0 Å². The van der Waals surface area contributed by atoms with Gasteiger partial charge in [-0.15, -0.1) is 0 Å². The summed E-state index contributed by atoms with van der Waals surface area (Å²) in [6.45, 7) is -0.0137. The molecule has 0 unspecified atom stereocenters. The Kier molecular flexibility index (Phi) is 4.71. The quantitative estimate of drug-likeness (QED) is 0.906. The van der Waals surface area contributed by atoms with Gasteiger partial charge in [0, 0.05) is 19.2 Å². The molecular formula is C17H17F3N4O2. The Morgan fingerprint density at radius 2 is 1.73 bits per heavy atom. The Labute approximate surface area is 147 Å². The van der Waals surface area contributed by atoms with E-state index >= 15 is 0 Å². The number of hydrogen-bond acceptors (Lipinski definition) is 3. The molecule has 9 heteroatoms. The predicted octanol–water partition coefficient (Wildman–Crippen LogP) is 2.39. The van der Waals surface area contributed by atoms with Crippen LogP contribution in [0.1, 0.15) is 33.8 Å². The molecule has 1 fully saturated rings. The summed E-state index contributed by atoms with van der Waals surface area (Å²) < 4.78 is 39.5. The van der Waals surface area contributed by atoms with Crippen LogP contribution >= 0.6 is 0 Å². The molecule has 0 radical (unpaired) electrons. The number of nitrogens with two attached hydrogens (primary N) is 1. The average molecular weight is 366 g/mol. The molecule has 1 aromatic carbocycles. The maximum absolute atomic E-state index is 12.8. The van der Waals surface area contributed by atoms with E-state index in [1.165, 1.54) is 15.6 Å². The Morgan fingerprint density at radius 1 is 1.12 bits per heavy atom. The molecule has 2 N–H and O–H groups in total. The Morgan fingerprint density at radius 3 is 2.27 bits per heavy atom. The highest BCUT2D eigenvalue weighted by molar-refractivity contribution is 5.97. The minimum Gasteiger partial charge on any atom is -0.364 e. The molecule has 1 aromatic heterocycles. The lowest BCUT2D eigenvalue weighted by Gasteiger charge is -2.32. The largest absolute Gasteiger partial charge is 0.391 e. The number of benzene rings is 1. The van der Waals surface area contributed by atoms with Crippen molar-refractivity contribution in [2.75, 3.05) is 13.1 Å². The van der Waals surface area contributed by atoms with Crippen molar-refractivity contribution >= 4 is 11.8 Å². The number of amides is 2. The molecule has 26 heavy (non-hydrogen) atoms. The maximum atomic E-state index is 12.8. The van der Waals surface area contributed by atoms with Gasteiger partial charge in [-0.05, 0) is 25.0 Å². The number of likely N-dealkylation sites (tertiary alicyclic amines) is 1. The molecular weight excluding hydrogens is 349 g/mol. The Hall–Kier alpha value is -2.84. The molecule has 2 aromatic rings. The van der Waals surface area contributed by atoms with Crippen LogP contribution in [-0.2, 0) is 0 Å². The Balaban J connectivity index is 1.82. The summed E-state index contributed by atoms with van der Waals surface area (Å²) in [4.78, 5) is 25.6. The average Bonchev–Trinajstić information content (AvgIpc) is 3.07. The fraction of sp³-hybridized carbons (Fsp3) is 0.353. The number of nitrogens with zero attached hydrogens (tertiary/aromatic N) is 3. The van der Waals surface area contributed by atoms with E-state index in [0.717, 1.165) is 0 Å². The van der Waals surface area contributed by atoms with E-state index in [0.29, 0.717) is 5.69 Å². The molecule has 0 saturated carbocycles. The third-order valence-electron chi connectivity index (χ3n) is 4.43. The molecule has 138 valence electrons. The van der Waals surface area contributed by atoms with Gasteiger partial charge in [0.15, 0.2) is 5.69 Å².